The van der Waals surface area contributed by atoms with E-state index in [0.717, 1.165) is 24.8 Å². The molecule has 0 spiro atoms. The van der Waals surface area contributed by atoms with Gasteiger partial charge in [-0.05, 0) is 67.7 Å². The van der Waals surface area contributed by atoms with Crippen LogP contribution in [0.1, 0.15) is 77.3 Å². The van der Waals surface area contributed by atoms with Gasteiger partial charge >= 0.3 is 5.97 Å². The number of ether oxygens (including phenoxy) is 1. The SMILES string of the molecule is CC(C)Cc1ccc([C@@H](C)NC(=O)COC(=O)c2cc3c(s2)CCCCC3)cc1. The standard InChI is InChI=1S/C24H31NO3S/c1-16(2)13-18-9-11-19(12-10-18)17(3)25-23(26)15-28-24(27)22-14-20-7-5-4-6-8-21(20)29-22/h9-12,14,16-17H,4-8,13,15H2,1-3H3,(H,25,26)/t17-/m1/s1. The third-order valence-electron chi connectivity index (χ3n) is 5.28. The normalized spacial score (nSPS) is 14.8. The Morgan fingerprint density at radius 1 is 1.07 bits per heavy atom. The van der Waals surface area contributed by atoms with E-state index < -0.39 is 5.97 Å². The molecule has 0 saturated carbocycles. The number of carbonyl (C=O) groups is 2. The van der Waals surface area contributed by atoms with E-state index in [1.165, 1.54) is 46.6 Å². The van der Waals surface area contributed by atoms with Crippen LogP contribution in [0.3, 0.4) is 0 Å². The molecular formula is C24H31NO3S. The summed E-state index contributed by atoms with van der Waals surface area (Å²) < 4.78 is 5.26. The van der Waals surface area contributed by atoms with Crippen LogP contribution in [0.5, 0.6) is 0 Å². The van der Waals surface area contributed by atoms with Gasteiger partial charge in [-0.15, -0.1) is 11.3 Å². The van der Waals surface area contributed by atoms with E-state index in [9.17, 15) is 9.59 Å². The molecule has 5 heteroatoms. The molecular weight excluding hydrogens is 382 g/mol. The number of thiophene rings is 1. The molecule has 29 heavy (non-hydrogen) atoms. The number of esters is 1. The highest BCUT2D eigenvalue weighted by Gasteiger charge is 2.19. The average Bonchev–Trinajstić information content (AvgIpc) is 2.97. The monoisotopic (exact) mass is 413 g/mol. The van der Waals surface area contributed by atoms with Crippen LogP contribution in [0.4, 0.5) is 0 Å². The Morgan fingerprint density at radius 3 is 2.52 bits per heavy atom. The van der Waals surface area contributed by atoms with E-state index in [4.69, 9.17) is 4.74 Å². The van der Waals surface area contributed by atoms with Gasteiger partial charge in [0.15, 0.2) is 6.61 Å². The summed E-state index contributed by atoms with van der Waals surface area (Å²) in [5.74, 6) is -0.0647. The Kier molecular flexibility index (Phi) is 7.48. The maximum absolute atomic E-state index is 12.3. The summed E-state index contributed by atoms with van der Waals surface area (Å²) in [6.07, 6.45) is 6.73. The molecule has 0 unspecified atom stereocenters. The molecule has 1 amide bonds. The minimum absolute atomic E-state index is 0.132. The van der Waals surface area contributed by atoms with Gasteiger partial charge in [-0.3, -0.25) is 4.79 Å². The molecule has 1 heterocycles. The minimum Gasteiger partial charge on any atom is -0.451 e. The second kappa shape index (κ2) is 10.1. The number of hydrogen-bond acceptors (Lipinski definition) is 4. The molecule has 4 nitrogen and oxygen atoms in total. The Labute approximate surface area is 177 Å². The number of carbonyl (C=O) groups excluding carboxylic acids is 2. The van der Waals surface area contributed by atoms with E-state index in [1.807, 2.05) is 25.1 Å². The lowest BCUT2D eigenvalue weighted by Crippen LogP contribution is -2.31. The van der Waals surface area contributed by atoms with Crippen molar-refractivity contribution < 1.29 is 14.3 Å². The maximum atomic E-state index is 12.3. The van der Waals surface area contributed by atoms with Crippen LogP contribution in [0, 0.1) is 5.92 Å². The van der Waals surface area contributed by atoms with Crippen molar-refractivity contribution in [3.63, 3.8) is 0 Å². The molecule has 1 atom stereocenters. The second-order valence-corrected chi connectivity index (χ2v) is 9.46. The van der Waals surface area contributed by atoms with Crippen LogP contribution < -0.4 is 5.32 Å². The third-order valence-corrected chi connectivity index (χ3v) is 6.50. The zero-order chi connectivity index (χ0) is 20.8. The Bertz CT molecular complexity index is 815. The molecule has 2 aromatic rings. The molecule has 0 saturated heterocycles. The van der Waals surface area contributed by atoms with Gasteiger partial charge in [-0.2, -0.15) is 0 Å². The molecule has 1 aromatic heterocycles. The first-order valence-corrected chi connectivity index (χ1v) is 11.4. The molecule has 1 aliphatic carbocycles. The predicted octanol–water partition coefficient (Wildman–Crippen LogP) is 5.25. The molecule has 1 aromatic carbocycles. The van der Waals surface area contributed by atoms with Gasteiger partial charge in [0.2, 0.25) is 0 Å². The zero-order valence-electron chi connectivity index (χ0n) is 17.6. The number of fused-ring (bicyclic) bond motifs is 1. The van der Waals surface area contributed by atoms with E-state index in [-0.39, 0.29) is 18.6 Å². The average molecular weight is 414 g/mol. The fourth-order valence-corrected chi connectivity index (χ4v) is 4.90. The smallest absolute Gasteiger partial charge is 0.348 e. The number of nitrogens with one attached hydrogen (secondary N) is 1. The topological polar surface area (TPSA) is 55.4 Å². The largest absolute Gasteiger partial charge is 0.451 e. The van der Waals surface area contributed by atoms with Crippen LogP contribution >= 0.6 is 11.3 Å². The summed E-state index contributed by atoms with van der Waals surface area (Å²) in [6.45, 7) is 6.08. The summed E-state index contributed by atoms with van der Waals surface area (Å²) in [7, 11) is 0. The Balaban J connectivity index is 1.48. The van der Waals surface area contributed by atoms with Crippen LogP contribution in [0.2, 0.25) is 0 Å². The summed E-state index contributed by atoms with van der Waals surface area (Å²) in [5.41, 5.74) is 3.61. The lowest BCUT2D eigenvalue weighted by atomic mass is 10.00. The fraction of sp³-hybridized carbons (Fsp3) is 0.500. The third kappa shape index (κ3) is 6.17. The van der Waals surface area contributed by atoms with Gasteiger partial charge in [-0.1, -0.05) is 44.5 Å². The lowest BCUT2D eigenvalue weighted by Gasteiger charge is -2.15. The number of aryl methyl sites for hydroxylation is 2. The molecule has 1 N–H and O–H groups in total. The van der Waals surface area contributed by atoms with Crippen molar-refractivity contribution in [1.29, 1.82) is 0 Å². The first kappa shape index (κ1) is 21.6. The Hall–Kier alpha value is -2.14. The van der Waals surface area contributed by atoms with Crippen molar-refractivity contribution in [3.8, 4) is 0 Å². The highest BCUT2D eigenvalue weighted by molar-refractivity contribution is 7.14. The predicted molar refractivity (Wildman–Crippen MR) is 117 cm³/mol. The molecule has 0 bridgehead atoms. The number of benzene rings is 1. The van der Waals surface area contributed by atoms with E-state index in [2.05, 4.69) is 31.3 Å². The molecule has 1 aliphatic rings. The molecule has 0 radical (unpaired) electrons. The van der Waals surface area contributed by atoms with Gasteiger partial charge in [0.25, 0.3) is 5.91 Å². The summed E-state index contributed by atoms with van der Waals surface area (Å²) in [6, 6.07) is 10.1. The maximum Gasteiger partial charge on any atom is 0.348 e. The first-order valence-electron chi connectivity index (χ1n) is 10.6. The van der Waals surface area contributed by atoms with E-state index in [0.29, 0.717) is 10.8 Å². The van der Waals surface area contributed by atoms with Crippen molar-refractivity contribution >= 4 is 23.2 Å². The van der Waals surface area contributed by atoms with Crippen LogP contribution in [0.15, 0.2) is 30.3 Å². The summed E-state index contributed by atoms with van der Waals surface area (Å²) in [4.78, 5) is 26.5. The van der Waals surface area contributed by atoms with Crippen molar-refractivity contribution in [1.82, 2.24) is 5.32 Å². The van der Waals surface area contributed by atoms with Gasteiger partial charge in [0.1, 0.15) is 4.88 Å². The van der Waals surface area contributed by atoms with Crippen molar-refractivity contribution in [2.24, 2.45) is 5.92 Å². The quantitative estimate of drug-likeness (QED) is 0.498. The van der Waals surface area contributed by atoms with Crippen LogP contribution in [-0.2, 0) is 28.8 Å². The van der Waals surface area contributed by atoms with E-state index in [1.54, 1.807) is 0 Å². The lowest BCUT2D eigenvalue weighted by molar-refractivity contribution is -0.124. The molecule has 3 rings (SSSR count). The van der Waals surface area contributed by atoms with Crippen molar-refractivity contribution in [2.45, 2.75) is 65.3 Å². The zero-order valence-corrected chi connectivity index (χ0v) is 18.4. The number of rotatable bonds is 7. The summed E-state index contributed by atoms with van der Waals surface area (Å²) >= 11 is 1.52. The van der Waals surface area contributed by atoms with Gasteiger partial charge < -0.3 is 10.1 Å². The number of hydrogen-bond donors (Lipinski definition) is 1. The Morgan fingerprint density at radius 2 is 1.79 bits per heavy atom. The van der Waals surface area contributed by atoms with Crippen molar-refractivity contribution in [2.75, 3.05) is 6.61 Å². The van der Waals surface area contributed by atoms with E-state index >= 15 is 0 Å². The van der Waals surface area contributed by atoms with Gasteiger partial charge in [0, 0.05) is 4.88 Å². The molecule has 156 valence electrons. The molecule has 0 aliphatic heterocycles. The first-order chi connectivity index (χ1) is 13.9. The van der Waals surface area contributed by atoms with Gasteiger partial charge in [-0.25, -0.2) is 4.79 Å². The number of amides is 1. The highest BCUT2D eigenvalue weighted by atomic mass is 32.1. The second-order valence-electron chi connectivity index (χ2n) is 8.32. The van der Waals surface area contributed by atoms with Crippen molar-refractivity contribution in [3.05, 3.63) is 56.8 Å². The molecule has 0 fully saturated rings. The van der Waals surface area contributed by atoms with Crippen LogP contribution in [-0.4, -0.2) is 18.5 Å². The fourth-order valence-electron chi connectivity index (χ4n) is 3.75. The highest BCUT2D eigenvalue weighted by Crippen LogP contribution is 2.29. The van der Waals surface area contributed by atoms with Crippen LogP contribution in [0.25, 0.3) is 0 Å². The summed E-state index contributed by atoms with van der Waals surface area (Å²) in [5, 5.41) is 2.91. The van der Waals surface area contributed by atoms with Gasteiger partial charge in [0.05, 0.1) is 6.04 Å². The minimum atomic E-state index is -0.399.